The fraction of sp³-hybridized carbons (Fsp3) is 0.750. The lowest BCUT2D eigenvalue weighted by molar-refractivity contribution is 0.276. The van der Waals surface area contributed by atoms with Gasteiger partial charge in [-0.2, -0.15) is 0 Å². The van der Waals surface area contributed by atoms with E-state index in [9.17, 15) is 0 Å². The first-order valence-corrected chi connectivity index (χ1v) is 8.23. The van der Waals surface area contributed by atoms with E-state index >= 15 is 0 Å². The molecule has 0 saturated heterocycles. The lowest BCUT2D eigenvalue weighted by Gasteiger charge is -2.33. The zero-order valence-electron chi connectivity index (χ0n) is 12.6. The number of hydrogen-bond acceptors (Lipinski definition) is 3. The van der Waals surface area contributed by atoms with Crippen molar-refractivity contribution < 1.29 is 0 Å². The number of rotatable bonds is 3. The standard InChI is InChI=1S/C16H24ClN3/c1-9-4-7-13(10(2)8-9)18-15-11(3)14(17)19-16(20-15)12-5-6-12/h9-10,12-13H,4-8H2,1-3H3,(H,18,19,20). The topological polar surface area (TPSA) is 37.8 Å². The maximum Gasteiger partial charge on any atom is 0.137 e. The van der Waals surface area contributed by atoms with Crippen molar-refractivity contribution in [3.63, 3.8) is 0 Å². The van der Waals surface area contributed by atoms with Gasteiger partial charge >= 0.3 is 0 Å². The number of aromatic nitrogens is 2. The van der Waals surface area contributed by atoms with E-state index in [0.29, 0.717) is 23.0 Å². The van der Waals surface area contributed by atoms with Crippen LogP contribution >= 0.6 is 11.6 Å². The highest BCUT2D eigenvalue weighted by Gasteiger charge is 2.30. The van der Waals surface area contributed by atoms with Crippen LogP contribution in [0.2, 0.25) is 5.15 Å². The van der Waals surface area contributed by atoms with Gasteiger partial charge in [0.2, 0.25) is 0 Å². The molecule has 110 valence electrons. The van der Waals surface area contributed by atoms with Crippen molar-refractivity contribution in [2.24, 2.45) is 11.8 Å². The smallest absolute Gasteiger partial charge is 0.137 e. The van der Waals surface area contributed by atoms with E-state index in [4.69, 9.17) is 16.6 Å². The van der Waals surface area contributed by atoms with E-state index in [1.54, 1.807) is 0 Å². The Balaban J connectivity index is 1.79. The first-order chi connectivity index (χ1) is 9.54. The van der Waals surface area contributed by atoms with Gasteiger partial charge in [-0.25, -0.2) is 9.97 Å². The molecule has 1 aromatic heterocycles. The van der Waals surface area contributed by atoms with Crippen molar-refractivity contribution in [3.8, 4) is 0 Å². The zero-order chi connectivity index (χ0) is 14.3. The second-order valence-electron chi connectivity index (χ2n) is 6.77. The summed E-state index contributed by atoms with van der Waals surface area (Å²) in [4.78, 5) is 9.17. The third-order valence-electron chi connectivity index (χ3n) is 4.80. The predicted octanol–water partition coefficient (Wildman–Crippen LogP) is 4.55. The molecule has 2 fully saturated rings. The van der Waals surface area contributed by atoms with Gasteiger partial charge in [-0.05, 0) is 50.9 Å². The number of hydrogen-bond donors (Lipinski definition) is 1. The Labute approximate surface area is 126 Å². The van der Waals surface area contributed by atoms with Crippen molar-refractivity contribution in [2.75, 3.05) is 5.32 Å². The summed E-state index contributed by atoms with van der Waals surface area (Å²) in [7, 11) is 0. The van der Waals surface area contributed by atoms with Crippen molar-refractivity contribution in [1.82, 2.24) is 9.97 Å². The minimum atomic E-state index is 0.517. The zero-order valence-corrected chi connectivity index (χ0v) is 13.4. The normalized spacial score (nSPS) is 30.3. The molecule has 0 spiro atoms. The third-order valence-corrected chi connectivity index (χ3v) is 5.17. The van der Waals surface area contributed by atoms with E-state index in [1.807, 2.05) is 6.92 Å². The highest BCUT2D eigenvalue weighted by Crippen LogP contribution is 2.40. The van der Waals surface area contributed by atoms with Gasteiger partial charge in [0.15, 0.2) is 0 Å². The van der Waals surface area contributed by atoms with Crippen LogP contribution in [0.1, 0.15) is 63.3 Å². The van der Waals surface area contributed by atoms with Crippen LogP contribution in [0.4, 0.5) is 5.82 Å². The van der Waals surface area contributed by atoms with E-state index in [0.717, 1.165) is 23.1 Å². The summed E-state index contributed by atoms with van der Waals surface area (Å²) in [6.07, 6.45) is 6.23. The lowest BCUT2D eigenvalue weighted by atomic mass is 9.80. The fourth-order valence-corrected chi connectivity index (χ4v) is 3.40. The molecular formula is C16H24ClN3. The minimum absolute atomic E-state index is 0.517. The van der Waals surface area contributed by atoms with Crippen LogP contribution in [0.3, 0.4) is 0 Å². The summed E-state index contributed by atoms with van der Waals surface area (Å²) in [5.41, 5.74) is 0.988. The summed E-state index contributed by atoms with van der Waals surface area (Å²) < 4.78 is 0. The maximum absolute atomic E-state index is 6.28. The second kappa shape index (κ2) is 5.51. The molecule has 3 unspecified atom stereocenters. The number of nitrogens with zero attached hydrogens (tertiary/aromatic N) is 2. The Morgan fingerprint density at radius 2 is 1.85 bits per heavy atom. The van der Waals surface area contributed by atoms with Gasteiger partial charge in [0.05, 0.1) is 0 Å². The fourth-order valence-electron chi connectivity index (χ4n) is 3.23. The van der Waals surface area contributed by atoms with Gasteiger partial charge in [0, 0.05) is 17.5 Å². The number of anilines is 1. The molecule has 2 aliphatic carbocycles. The molecule has 3 rings (SSSR count). The molecule has 0 bridgehead atoms. The van der Waals surface area contributed by atoms with Gasteiger partial charge in [0.1, 0.15) is 16.8 Å². The first kappa shape index (κ1) is 14.1. The number of halogens is 1. The highest BCUT2D eigenvalue weighted by molar-refractivity contribution is 6.30. The molecule has 0 radical (unpaired) electrons. The molecule has 1 N–H and O–H groups in total. The van der Waals surface area contributed by atoms with Crippen molar-refractivity contribution in [3.05, 3.63) is 16.5 Å². The van der Waals surface area contributed by atoms with Gasteiger partial charge in [0.25, 0.3) is 0 Å². The maximum atomic E-state index is 6.28. The Hall–Kier alpha value is -0.830. The Bertz CT molecular complexity index is 499. The summed E-state index contributed by atoms with van der Waals surface area (Å²) in [6, 6.07) is 0.517. The van der Waals surface area contributed by atoms with E-state index in [2.05, 4.69) is 24.1 Å². The van der Waals surface area contributed by atoms with Crippen LogP contribution in [-0.4, -0.2) is 16.0 Å². The second-order valence-corrected chi connectivity index (χ2v) is 7.12. The molecule has 0 aliphatic heterocycles. The summed E-state index contributed by atoms with van der Waals surface area (Å²) in [5.74, 6) is 3.96. The van der Waals surface area contributed by atoms with Crippen molar-refractivity contribution in [2.45, 2.75) is 64.8 Å². The van der Waals surface area contributed by atoms with Crippen LogP contribution in [0, 0.1) is 18.8 Å². The largest absolute Gasteiger partial charge is 0.367 e. The van der Waals surface area contributed by atoms with Crippen molar-refractivity contribution >= 4 is 17.4 Å². The van der Waals surface area contributed by atoms with Crippen LogP contribution in [0.15, 0.2) is 0 Å². The van der Waals surface area contributed by atoms with E-state index in [-0.39, 0.29) is 0 Å². The molecule has 2 aliphatic rings. The van der Waals surface area contributed by atoms with E-state index in [1.165, 1.54) is 32.1 Å². The predicted molar refractivity (Wildman–Crippen MR) is 83.3 cm³/mol. The molecule has 0 amide bonds. The SMILES string of the molecule is Cc1c(Cl)nc(C2CC2)nc1NC1CCC(C)CC1C. The first-order valence-electron chi connectivity index (χ1n) is 7.85. The van der Waals surface area contributed by atoms with Gasteiger partial charge in [-0.3, -0.25) is 0 Å². The molecule has 4 heteroatoms. The quantitative estimate of drug-likeness (QED) is 0.831. The monoisotopic (exact) mass is 293 g/mol. The average Bonchev–Trinajstić information content (AvgIpc) is 3.22. The van der Waals surface area contributed by atoms with Crippen LogP contribution in [0.25, 0.3) is 0 Å². The summed E-state index contributed by atoms with van der Waals surface area (Å²) in [5, 5.41) is 4.26. The lowest BCUT2D eigenvalue weighted by Crippen LogP contribution is -2.33. The van der Waals surface area contributed by atoms with Crippen LogP contribution in [-0.2, 0) is 0 Å². The molecule has 1 heterocycles. The Morgan fingerprint density at radius 1 is 1.10 bits per heavy atom. The molecule has 0 aromatic carbocycles. The molecular weight excluding hydrogens is 270 g/mol. The Kier molecular flexibility index (Phi) is 3.89. The molecule has 3 nitrogen and oxygen atoms in total. The summed E-state index contributed by atoms with van der Waals surface area (Å²) >= 11 is 6.28. The third kappa shape index (κ3) is 2.93. The molecule has 20 heavy (non-hydrogen) atoms. The number of nitrogens with one attached hydrogen (secondary N) is 1. The highest BCUT2D eigenvalue weighted by atomic mass is 35.5. The van der Waals surface area contributed by atoms with Crippen LogP contribution < -0.4 is 5.32 Å². The van der Waals surface area contributed by atoms with Gasteiger partial charge in [-0.1, -0.05) is 25.4 Å². The summed E-state index contributed by atoms with van der Waals surface area (Å²) in [6.45, 7) is 6.70. The van der Waals surface area contributed by atoms with Crippen molar-refractivity contribution in [1.29, 1.82) is 0 Å². The molecule has 2 saturated carbocycles. The molecule has 3 atom stereocenters. The average molecular weight is 294 g/mol. The Morgan fingerprint density at radius 3 is 2.50 bits per heavy atom. The van der Waals surface area contributed by atoms with Gasteiger partial charge in [-0.15, -0.1) is 0 Å². The van der Waals surface area contributed by atoms with Gasteiger partial charge < -0.3 is 5.32 Å². The van der Waals surface area contributed by atoms with E-state index < -0.39 is 0 Å². The minimum Gasteiger partial charge on any atom is -0.367 e. The van der Waals surface area contributed by atoms with Crippen LogP contribution in [0.5, 0.6) is 0 Å². The molecule has 1 aromatic rings.